The molecule has 0 N–H and O–H groups in total. The van der Waals surface area contributed by atoms with Crippen molar-refractivity contribution in [1.29, 1.82) is 0 Å². The van der Waals surface area contributed by atoms with Gasteiger partial charge in [0, 0.05) is 0 Å². The van der Waals surface area contributed by atoms with E-state index in [2.05, 4.69) is 13.8 Å². The fourth-order valence-electron chi connectivity index (χ4n) is 0.695. The van der Waals surface area contributed by atoms with Gasteiger partial charge in [-0.1, -0.05) is 26.1 Å². The first-order valence-electron chi connectivity index (χ1n) is 3.67. The third-order valence-corrected chi connectivity index (χ3v) is 6.42. The normalized spacial score (nSPS) is 10.5. The van der Waals surface area contributed by atoms with Gasteiger partial charge in [-0.2, -0.15) is 0 Å². The number of hydrogen-bond acceptors (Lipinski definition) is 5. The van der Waals surface area contributed by atoms with E-state index in [0.29, 0.717) is 0 Å². The van der Waals surface area contributed by atoms with Crippen LogP contribution in [0.15, 0.2) is 8.42 Å². The molecule has 5 heteroatoms. The summed E-state index contributed by atoms with van der Waals surface area (Å²) in [5.74, 6) is 2.28. The van der Waals surface area contributed by atoms with Gasteiger partial charge in [-0.15, -0.1) is 46.2 Å². The molecule has 1 aromatic heterocycles. The van der Waals surface area contributed by atoms with Crippen LogP contribution in [-0.2, 0) is 0 Å². The Balaban J connectivity index is 2.84. The second kappa shape index (κ2) is 5.65. The van der Waals surface area contributed by atoms with Crippen LogP contribution >= 0.6 is 58.4 Å². The van der Waals surface area contributed by atoms with Gasteiger partial charge in [0.25, 0.3) is 0 Å². The predicted molar refractivity (Wildman–Crippen MR) is 65.8 cm³/mol. The van der Waals surface area contributed by atoms with Crippen LogP contribution in [0.5, 0.6) is 0 Å². The Morgan fingerprint density at radius 2 is 1.50 bits per heavy atom. The van der Waals surface area contributed by atoms with Gasteiger partial charge in [0.2, 0.25) is 0 Å². The average molecular weight is 254 g/mol. The van der Waals surface area contributed by atoms with Crippen LogP contribution in [0.1, 0.15) is 13.8 Å². The summed E-state index contributed by atoms with van der Waals surface area (Å²) in [6.45, 7) is 4.36. The van der Waals surface area contributed by atoms with Gasteiger partial charge in [-0.05, 0) is 11.5 Å². The SMILES string of the molecule is CCSc1sc(=S)sc1SCC. The minimum absolute atomic E-state index is 1.06. The van der Waals surface area contributed by atoms with Crippen LogP contribution < -0.4 is 0 Å². The molecule has 1 rings (SSSR count). The second-order valence-corrected chi connectivity index (χ2v) is 8.19. The first-order chi connectivity index (χ1) is 5.77. The lowest BCUT2D eigenvalue weighted by Gasteiger charge is -1.96. The molecule has 0 atom stereocenters. The highest BCUT2D eigenvalue weighted by Gasteiger charge is 2.06. The monoisotopic (exact) mass is 254 g/mol. The summed E-state index contributed by atoms with van der Waals surface area (Å²) < 4.78 is 3.89. The van der Waals surface area contributed by atoms with Gasteiger partial charge < -0.3 is 0 Å². The zero-order chi connectivity index (χ0) is 8.97. The fourth-order valence-corrected chi connectivity index (χ4v) is 6.61. The lowest BCUT2D eigenvalue weighted by atomic mass is 11.0. The van der Waals surface area contributed by atoms with Gasteiger partial charge in [0.1, 0.15) is 3.14 Å². The van der Waals surface area contributed by atoms with Crippen molar-refractivity contribution in [2.24, 2.45) is 0 Å². The molecular formula is C7H10S5. The van der Waals surface area contributed by atoms with Crippen molar-refractivity contribution in [2.45, 2.75) is 22.3 Å². The van der Waals surface area contributed by atoms with Crippen LogP contribution in [0.3, 0.4) is 0 Å². The highest BCUT2D eigenvalue weighted by Crippen LogP contribution is 2.40. The molecular weight excluding hydrogens is 244 g/mol. The average Bonchev–Trinajstić information content (AvgIpc) is 2.33. The first-order valence-corrected chi connectivity index (χ1v) is 7.68. The molecule has 0 fully saturated rings. The molecule has 0 amide bonds. The van der Waals surface area contributed by atoms with Crippen molar-refractivity contribution in [3.05, 3.63) is 3.14 Å². The van der Waals surface area contributed by atoms with Crippen molar-refractivity contribution < 1.29 is 0 Å². The maximum Gasteiger partial charge on any atom is 0.145 e. The summed E-state index contributed by atoms with van der Waals surface area (Å²) in [4.78, 5) is 0. The van der Waals surface area contributed by atoms with Crippen LogP contribution in [0.4, 0.5) is 0 Å². The van der Waals surface area contributed by atoms with Gasteiger partial charge in [-0.3, -0.25) is 0 Å². The summed E-state index contributed by atoms with van der Waals surface area (Å²) in [6, 6.07) is 0. The van der Waals surface area contributed by atoms with E-state index in [1.54, 1.807) is 22.7 Å². The number of hydrogen-bond donors (Lipinski definition) is 0. The predicted octanol–water partition coefficient (Wildman–Crippen LogP) is 4.76. The van der Waals surface area contributed by atoms with E-state index in [1.165, 1.54) is 8.42 Å². The third-order valence-electron chi connectivity index (χ3n) is 1.07. The van der Waals surface area contributed by atoms with Gasteiger partial charge in [0.05, 0.1) is 8.42 Å². The lowest BCUT2D eigenvalue weighted by molar-refractivity contribution is 1.44. The Bertz CT molecular complexity index is 258. The standard InChI is InChI=1S/C7H10S5/c1-3-9-5-6(10-4-2)12-7(8)11-5/h3-4H2,1-2H3. The minimum Gasteiger partial charge on any atom is -0.114 e. The van der Waals surface area contributed by atoms with Gasteiger partial charge in [0.15, 0.2) is 0 Å². The minimum atomic E-state index is 1.06. The largest absolute Gasteiger partial charge is 0.145 e. The van der Waals surface area contributed by atoms with E-state index >= 15 is 0 Å². The molecule has 0 nitrogen and oxygen atoms in total. The van der Waals surface area contributed by atoms with Crippen molar-refractivity contribution in [3.8, 4) is 0 Å². The Hall–Kier alpha value is 0.970. The quantitative estimate of drug-likeness (QED) is 0.561. The van der Waals surface area contributed by atoms with E-state index < -0.39 is 0 Å². The van der Waals surface area contributed by atoms with E-state index in [-0.39, 0.29) is 0 Å². The molecule has 12 heavy (non-hydrogen) atoms. The zero-order valence-corrected chi connectivity index (χ0v) is 11.0. The zero-order valence-electron chi connectivity index (χ0n) is 6.96. The summed E-state index contributed by atoms with van der Waals surface area (Å²) in [6.07, 6.45) is 0. The van der Waals surface area contributed by atoms with Gasteiger partial charge >= 0.3 is 0 Å². The molecule has 0 saturated heterocycles. The van der Waals surface area contributed by atoms with Crippen LogP contribution in [0.2, 0.25) is 0 Å². The van der Waals surface area contributed by atoms with Gasteiger partial charge in [-0.25, -0.2) is 0 Å². The fraction of sp³-hybridized carbons (Fsp3) is 0.571. The molecule has 0 aliphatic rings. The number of rotatable bonds is 4. The molecule has 0 aliphatic carbocycles. The Morgan fingerprint density at radius 3 is 1.83 bits per heavy atom. The molecule has 0 aliphatic heterocycles. The van der Waals surface area contributed by atoms with Crippen LogP contribution in [0.25, 0.3) is 0 Å². The Morgan fingerprint density at radius 1 is 1.08 bits per heavy atom. The summed E-state index contributed by atoms with van der Waals surface area (Å²) >= 11 is 12.5. The maximum atomic E-state index is 5.16. The van der Waals surface area contributed by atoms with E-state index in [1.807, 2.05) is 23.5 Å². The van der Waals surface area contributed by atoms with Crippen molar-refractivity contribution in [3.63, 3.8) is 0 Å². The van der Waals surface area contributed by atoms with Crippen molar-refractivity contribution >= 4 is 58.4 Å². The summed E-state index contributed by atoms with van der Waals surface area (Å²) in [5.41, 5.74) is 0. The molecule has 0 bridgehead atoms. The van der Waals surface area contributed by atoms with E-state index in [0.717, 1.165) is 14.6 Å². The summed E-state index contributed by atoms with van der Waals surface area (Å²) in [5, 5.41) is 0. The van der Waals surface area contributed by atoms with Crippen molar-refractivity contribution in [2.75, 3.05) is 11.5 Å². The first kappa shape index (κ1) is 11.0. The van der Waals surface area contributed by atoms with E-state index in [4.69, 9.17) is 12.2 Å². The lowest BCUT2D eigenvalue weighted by Crippen LogP contribution is -1.69. The summed E-state index contributed by atoms with van der Waals surface area (Å²) in [7, 11) is 0. The maximum absolute atomic E-state index is 5.16. The molecule has 0 aromatic carbocycles. The molecule has 1 heterocycles. The number of thioether (sulfide) groups is 2. The highest BCUT2D eigenvalue weighted by atomic mass is 32.2. The molecule has 1 aromatic rings. The third kappa shape index (κ3) is 3.03. The highest BCUT2D eigenvalue weighted by molar-refractivity contribution is 8.05. The smallest absolute Gasteiger partial charge is 0.114 e. The van der Waals surface area contributed by atoms with E-state index in [9.17, 15) is 0 Å². The molecule has 68 valence electrons. The molecule has 0 radical (unpaired) electrons. The Kier molecular flexibility index (Phi) is 5.20. The topological polar surface area (TPSA) is 0 Å². The molecule has 0 saturated carbocycles. The molecule has 0 unspecified atom stereocenters. The second-order valence-electron chi connectivity index (χ2n) is 1.90. The van der Waals surface area contributed by atoms with Crippen LogP contribution in [-0.4, -0.2) is 11.5 Å². The van der Waals surface area contributed by atoms with Crippen molar-refractivity contribution in [1.82, 2.24) is 0 Å². The molecule has 0 spiro atoms. The van der Waals surface area contributed by atoms with Crippen LogP contribution in [0, 0.1) is 3.14 Å². The Labute approximate surface area is 94.8 Å².